The van der Waals surface area contributed by atoms with E-state index in [-0.39, 0.29) is 4.90 Å². The molecule has 1 saturated heterocycles. The van der Waals surface area contributed by atoms with Crippen LogP contribution in [0.2, 0.25) is 0 Å². The molecule has 8 nitrogen and oxygen atoms in total. The van der Waals surface area contributed by atoms with Gasteiger partial charge in [-0.3, -0.25) is 14.5 Å². The predicted octanol–water partition coefficient (Wildman–Crippen LogP) is 0.744. The van der Waals surface area contributed by atoms with E-state index in [1.165, 1.54) is 45.2 Å². The maximum absolute atomic E-state index is 13.2. The number of benzene rings is 2. The van der Waals surface area contributed by atoms with Crippen LogP contribution < -0.4 is 11.1 Å². The molecule has 0 spiro atoms. The highest BCUT2D eigenvalue weighted by molar-refractivity contribution is 7.89. The first-order valence-corrected chi connectivity index (χ1v) is 11.2. The van der Waals surface area contributed by atoms with Gasteiger partial charge in [-0.25, -0.2) is 8.42 Å². The summed E-state index contributed by atoms with van der Waals surface area (Å²) in [6.07, 6.45) is 0. The van der Waals surface area contributed by atoms with Gasteiger partial charge in [0, 0.05) is 46.8 Å². The summed E-state index contributed by atoms with van der Waals surface area (Å²) in [6, 6.07) is 14.7. The first-order chi connectivity index (χ1) is 14.3. The molecule has 0 bridgehead atoms. The van der Waals surface area contributed by atoms with E-state index in [1.54, 1.807) is 6.07 Å². The average Bonchev–Trinajstić information content (AvgIpc) is 2.77. The lowest BCUT2D eigenvalue weighted by atomic mass is 10.2. The zero-order chi connectivity index (χ0) is 21.5. The predicted molar refractivity (Wildman–Crippen MR) is 115 cm³/mol. The molecule has 30 heavy (non-hydrogen) atoms. The van der Waals surface area contributed by atoms with Gasteiger partial charge in [-0.2, -0.15) is 4.31 Å². The van der Waals surface area contributed by atoms with E-state index in [1.807, 2.05) is 18.2 Å². The summed E-state index contributed by atoms with van der Waals surface area (Å²) >= 11 is 0. The SMILES string of the molecule is Cn1c(=O)c(=O)n(C)c2cc(S(=O)(=O)N3CCN(Cc4ccccc4)CC3)ccc21. The second-order valence-electron chi connectivity index (χ2n) is 7.54. The largest absolute Gasteiger partial charge is 0.316 e. The van der Waals surface area contributed by atoms with Gasteiger partial charge in [-0.05, 0) is 23.8 Å². The second kappa shape index (κ2) is 7.82. The van der Waals surface area contributed by atoms with Crippen LogP contribution in [0.5, 0.6) is 0 Å². The Balaban J connectivity index is 1.58. The molecule has 0 saturated carbocycles. The molecule has 0 unspecified atom stereocenters. The van der Waals surface area contributed by atoms with Crippen molar-refractivity contribution in [3.63, 3.8) is 0 Å². The van der Waals surface area contributed by atoms with E-state index >= 15 is 0 Å². The molecule has 2 heterocycles. The van der Waals surface area contributed by atoms with Gasteiger partial charge in [-0.15, -0.1) is 0 Å². The molecule has 9 heteroatoms. The standard InChI is InChI=1S/C21H24N4O4S/c1-22-18-9-8-17(14-19(18)23(2)21(27)20(22)26)30(28,29)25-12-10-24(11-13-25)15-16-6-4-3-5-7-16/h3-9,14H,10-13,15H2,1-2H3. The first kappa shape index (κ1) is 20.5. The van der Waals surface area contributed by atoms with Crippen molar-refractivity contribution >= 4 is 21.1 Å². The van der Waals surface area contributed by atoms with E-state index in [4.69, 9.17) is 0 Å². The van der Waals surface area contributed by atoms with Gasteiger partial charge >= 0.3 is 11.1 Å². The molecule has 0 aliphatic carbocycles. The summed E-state index contributed by atoms with van der Waals surface area (Å²) < 4.78 is 30.3. The van der Waals surface area contributed by atoms with Crippen LogP contribution in [0.15, 0.2) is 63.0 Å². The Hall–Kier alpha value is -2.75. The Morgan fingerprint density at radius 1 is 0.800 bits per heavy atom. The van der Waals surface area contributed by atoms with Crippen LogP contribution in [0.1, 0.15) is 5.56 Å². The number of nitrogens with zero attached hydrogens (tertiary/aromatic N) is 4. The summed E-state index contributed by atoms with van der Waals surface area (Å²) in [7, 11) is -0.715. The van der Waals surface area contributed by atoms with Gasteiger partial charge in [0.15, 0.2) is 0 Å². The lowest BCUT2D eigenvalue weighted by Crippen LogP contribution is -2.48. The molecule has 1 aromatic heterocycles. The monoisotopic (exact) mass is 428 g/mol. The fourth-order valence-corrected chi connectivity index (χ4v) is 5.28. The zero-order valence-electron chi connectivity index (χ0n) is 17.0. The van der Waals surface area contributed by atoms with E-state index in [9.17, 15) is 18.0 Å². The summed E-state index contributed by atoms with van der Waals surface area (Å²) in [5.74, 6) is 0. The Morgan fingerprint density at radius 2 is 1.40 bits per heavy atom. The number of fused-ring (bicyclic) bond motifs is 1. The number of aromatic nitrogens is 2. The molecular weight excluding hydrogens is 404 g/mol. The summed E-state index contributed by atoms with van der Waals surface area (Å²) in [4.78, 5) is 26.5. The normalized spacial score (nSPS) is 16.2. The molecule has 2 aromatic carbocycles. The second-order valence-corrected chi connectivity index (χ2v) is 9.48. The van der Waals surface area contributed by atoms with Gasteiger partial charge in [-0.1, -0.05) is 30.3 Å². The van der Waals surface area contributed by atoms with Crippen LogP contribution in [-0.4, -0.2) is 52.9 Å². The van der Waals surface area contributed by atoms with Gasteiger partial charge in [0.05, 0.1) is 15.9 Å². The van der Waals surface area contributed by atoms with Crippen molar-refractivity contribution < 1.29 is 8.42 Å². The number of sulfonamides is 1. The average molecular weight is 429 g/mol. The lowest BCUT2D eigenvalue weighted by Gasteiger charge is -2.34. The molecule has 0 amide bonds. The fraction of sp³-hybridized carbons (Fsp3) is 0.333. The smallest absolute Gasteiger partial charge is 0.305 e. The van der Waals surface area contributed by atoms with Crippen molar-refractivity contribution in [1.82, 2.24) is 18.3 Å². The molecule has 4 rings (SSSR count). The zero-order valence-corrected chi connectivity index (χ0v) is 17.8. The number of hydrogen-bond donors (Lipinski definition) is 0. The van der Waals surface area contributed by atoms with E-state index in [0.29, 0.717) is 37.2 Å². The number of hydrogen-bond acceptors (Lipinski definition) is 5. The fourth-order valence-electron chi connectivity index (χ4n) is 3.84. The Bertz CT molecular complexity index is 1300. The van der Waals surface area contributed by atoms with Crippen LogP contribution >= 0.6 is 0 Å². The third-order valence-corrected chi connectivity index (χ3v) is 7.57. The number of aryl methyl sites for hydroxylation is 2. The van der Waals surface area contributed by atoms with Crippen molar-refractivity contribution in [3.8, 4) is 0 Å². The highest BCUT2D eigenvalue weighted by atomic mass is 32.2. The van der Waals surface area contributed by atoms with E-state index < -0.39 is 21.1 Å². The van der Waals surface area contributed by atoms with Crippen molar-refractivity contribution in [2.75, 3.05) is 26.2 Å². The minimum absolute atomic E-state index is 0.125. The molecule has 0 radical (unpaired) electrons. The first-order valence-electron chi connectivity index (χ1n) is 9.75. The summed E-state index contributed by atoms with van der Waals surface area (Å²) in [5.41, 5.74) is 0.790. The maximum atomic E-state index is 13.2. The van der Waals surface area contributed by atoms with Crippen LogP contribution in [0.4, 0.5) is 0 Å². The van der Waals surface area contributed by atoms with Gasteiger partial charge in [0.25, 0.3) is 0 Å². The number of rotatable bonds is 4. The molecule has 0 atom stereocenters. The minimum Gasteiger partial charge on any atom is -0.305 e. The van der Waals surface area contributed by atoms with Crippen LogP contribution in [-0.2, 0) is 30.7 Å². The Morgan fingerprint density at radius 3 is 2.03 bits per heavy atom. The van der Waals surface area contributed by atoms with Crippen molar-refractivity contribution in [3.05, 3.63) is 74.8 Å². The van der Waals surface area contributed by atoms with Gasteiger partial charge in [0.2, 0.25) is 10.0 Å². The summed E-state index contributed by atoms with van der Waals surface area (Å²) in [5, 5.41) is 0. The molecule has 1 fully saturated rings. The molecular formula is C21H24N4O4S. The Labute approximate surface area is 174 Å². The van der Waals surface area contributed by atoms with E-state index in [2.05, 4.69) is 17.0 Å². The topological polar surface area (TPSA) is 84.6 Å². The minimum atomic E-state index is -3.70. The maximum Gasteiger partial charge on any atom is 0.316 e. The van der Waals surface area contributed by atoms with Gasteiger partial charge in [0.1, 0.15) is 0 Å². The lowest BCUT2D eigenvalue weighted by molar-refractivity contribution is 0.181. The third kappa shape index (κ3) is 3.60. The molecule has 1 aliphatic rings. The van der Waals surface area contributed by atoms with Crippen molar-refractivity contribution in [2.45, 2.75) is 11.4 Å². The molecule has 3 aromatic rings. The molecule has 158 valence electrons. The molecule has 1 aliphatic heterocycles. The third-order valence-electron chi connectivity index (χ3n) is 5.68. The molecule has 0 N–H and O–H groups in total. The van der Waals surface area contributed by atoms with Crippen molar-refractivity contribution in [2.24, 2.45) is 14.1 Å². The van der Waals surface area contributed by atoms with Crippen LogP contribution in [0, 0.1) is 0 Å². The van der Waals surface area contributed by atoms with Crippen LogP contribution in [0.25, 0.3) is 11.0 Å². The van der Waals surface area contributed by atoms with Crippen LogP contribution in [0.3, 0.4) is 0 Å². The summed E-state index contributed by atoms with van der Waals surface area (Å²) in [6.45, 7) is 2.89. The number of piperazine rings is 1. The highest BCUT2D eigenvalue weighted by Crippen LogP contribution is 2.22. The highest BCUT2D eigenvalue weighted by Gasteiger charge is 2.29. The van der Waals surface area contributed by atoms with Crippen molar-refractivity contribution in [1.29, 1.82) is 0 Å². The Kier molecular flexibility index (Phi) is 5.35. The quantitative estimate of drug-likeness (QED) is 0.573. The van der Waals surface area contributed by atoms with Gasteiger partial charge < -0.3 is 9.13 Å². The van der Waals surface area contributed by atoms with E-state index in [0.717, 1.165) is 6.54 Å².